The van der Waals surface area contributed by atoms with Crippen molar-refractivity contribution in [3.8, 4) is 11.3 Å². The lowest BCUT2D eigenvalue weighted by molar-refractivity contribution is -0.660. The van der Waals surface area contributed by atoms with Gasteiger partial charge >= 0.3 is 0 Å². The molecule has 2 rings (SSSR count). The Morgan fingerprint density at radius 1 is 1.05 bits per heavy atom. The third kappa shape index (κ3) is 3.76. The molecule has 0 amide bonds. The van der Waals surface area contributed by atoms with E-state index in [1.807, 2.05) is 0 Å². The summed E-state index contributed by atoms with van der Waals surface area (Å²) in [5.74, 6) is 0.685. The normalized spacial score (nSPS) is 12.0. The second kappa shape index (κ2) is 6.24. The molecule has 0 spiro atoms. The number of aromatic nitrogens is 1. The lowest BCUT2D eigenvalue weighted by atomic mass is 9.85. The lowest BCUT2D eigenvalue weighted by Crippen LogP contribution is -2.31. The van der Waals surface area contributed by atoms with Crippen LogP contribution in [0.4, 0.5) is 0 Å². The number of benzene rings is 1. The fourth-order valence-electron chi connectivity index (χ4n) is 2.90. The number of hydrogen-bond acceptors (Lipinski definition) is 0. The quantitative estimate of drug-likeness (QED) is 0.703. The van der Waals surface area contributed by atoms with Gasteiger partial charge in [0.25, 0.3) is 0 Å². The van der Waals surface area contributed by atoms with Crippen molar-refractivity contribution in [3.05, 3.63) is 53.2 Å². The van der Waals surface area contributed by atoms with E-state index in [-0.39, 0.29) is 5.41 Å². The molecular weight excluding hydrogens is 266 g/mol. The predicted octanol–water partition coefficient (Wildman–Crippen LogP) is 4.98. The molecule has 1 aromatic heterocycles. The number of rotatable bonds is 3. The molecule has 0 radical (unpaired) electrons. The van der Waals surface area contributed by atoms with E-state index in [0.29, 0.717) is 5.92 Å². The summed E-state index contributed by atoms with van der Waals surface area (Å²) in [6, 6.07) is 11.5. The SMILES string of the molecule is Cc1cc(C(C)(C)C)ccc1-c1cc(CC(C)C)cc[n+]1C. The Morgan fingerprint density at radius 2 is 1.73 bits per heavy atom. The Hall–Kier alpha value is -1.63. The molecule has 0 saturated carbocycles. The largest absolute Gasteiger partial charge is 0.212 e. The number of nitrogens with zero attached hydrogens (tertiary/aromatic N) is 1. The first-order chi connectivity index (χ1) is 10.2. The fraction of sp³-hybridized carbons (Fsp3) is 0.476. The van der Waals surface area contributed by atoms with E-state index < -0.39 is 0 Å². The molecule has 0 fully saturated rings. The molecule has 0 saturated heterocycles. The summed E-state index contributed by atoms with van der Waals surface area (Å²) in [6.45, 7) is 13.6. The van der Waals surface area contributed by atoms with Crippen LogP contribution in [-0.2, 0) is 18.9 Å². The van der Waals surface area contributed by atoms with Crippen LogP contribution in [0.25, 0.3) is 11.3 Å². The highest BCUT2D eigenvalue weighted by atomic mass is 14.9. The molecule has 1 heteroatoms. The number of hydrogen-bond donors (Lipinski definition) is 0. The Morgan fingerprint density at radius 3 is 2.27 bits per heavy atom. The summed E-state index contributed by atoms with van der Waals surface area (Å²) in [5.41, 5.74) is 7.00. The zero-order chi connectivity index (χ0) is 16.5. The molecule has 0 aliphatic heterocycles. The summed E-state index contributed by atoms with van der Waals surface area (Å²) < 4.78 is 2.23. The Balaban J connectivity index is 2.47. The van der Waals surface area contributed by atoms with Crippen molar-refractivity contribution >= 4 is 0 Å². The molecule has 118 valence electrons. The first-order valence-corrected chi connectivity index (χ1v) is 8.28. The average Bonchev–Trinajstić information content (AvgIpc) is 2.39. The molecule has 1 nitrogen and oxygen atoms in total. The van der Waals surface area contributed by atoms with Crippen LogP contribution < -0.4 is 4.57 Å². The van der Waals surface area contributed by atoms with E-state index in [4.69, 9.17) is 0 Å². The van der Waals surface area contributed by atoms with E-state index in [1.54, 1.807) is 0 Å². The zero-order valence-electron chi connectivity index (χ0n) is 15.2. The van der Waals surface area contributed by atoms with Gasteiger partial charge in [-0.15, -0.1) is 0 Å². The van der Waals surface area contributed by atoms with Crippen molar-refractivity contribution in [1.82, 2.24) is 0 Å². The van der Waals surface area contributed by atoms with Crippen LogP contribution in [0.2, 0.25) is 0 Å². The summed E-state index contributed by atoms with van der Waals surface area (Å²) in [5, 5.41) is 0. The van der Waals surface area contributed by atoms with E-state index in [2.05, 4.69) is 89.7 Å². The minimum Gasteiger partial charge on any atom is -0.201 e. The van der Waals surface area contributed by atoms with Crippen LogP contribution in [-0.4, -0.2) is 0 Å². The van der Waals surface area contributed by atoms with Crippen LogP contribution in [0.1, 0.15) is 51.3 Å². The molecule has 0 N–H and O–H groups in total. The van der Waals surface area contributed by atoms with Crippen LogP contribution in [0.15, 0.2) is 36.5 Å². The maximum atomic E-state index is 2.35. The van der Waals surface area contributed by atoms with E-state index in [0.717, 1.165) is 6.42 Å². The Labute approximate surface area is 136 Å². The Bertz CT molecular complexity index is 660. The van der Waals surface area contributed by atoms with Gasteiger partial charge in [-0.05, 0) is 47.4 Å². The molecule has 2 aromatic rings. The first kappa shape index (κ1) is 16.7. The van der Waals surface area contributed by atoms with Gasteiger partial charge in [0.1, 0.15) is 7.05 Å². The highest BCUT2D eigenvalue weighted by molar-refractivity contribution is 5.62. The molecule has 1 heterocycles. The maximum absolute atomic E-state index is 2.35. The van der Waals surface area contributed by atoms with Gasteiger partial charge in [-0.25, -0.2) is 4.57 Å². The minimum absolute atomic E-state index is 0.199. The third-order valence-corrected chi connectivity index (χ3v) is 4.23. The van der Waals surface area contributed by atoms with E-state index in [9.17, 15) is 0 Å². The van der Waals surface area contributed by atoms with Gasteiger partial charge in [-0.1, -0.05) is 46.8 Å². The van der Waals surface area contributed by atoms with E-state index in [1.165, 1.54) is 27.9 Å². The van der Waals surface area contributed by atoms with Gasteiger partial charge in [0, 0.05) is 17.7 Å². The molecule has 0 aliphatic rings. The predicted molar refractivity (Wildman–Crippen MR) is 95.0 cm³/mol. The first-order valence-electron chi connectivity index (χ1n) is 8.28. The van der Waals surface area contributed by atoms with Gasteiger partial charge < -0.3 is 0 Å². The second-order valence-corrected chi connectivity index (χ2v) is 7.91. The second-order valence-electron chi connectivity index (χ2n) is 7.91. The molecule has 0 bridgehead atoms. The van der Waals surface area contributed by atoms with Gasteiger partial charge in [-0.2, -0.15) is 0 Å². The summed E-state index contributed by atoms with van der Waals surface area (Å²) in [6.07, 6.45) is 3.32. The van der Waals surface area contributed by atoms with Crippen molar-refractivity contribution < 1.29 is 4.57 Å². The van der Waals surface area contributed by atoms with Crippen molar-refractivity contribution in [3.63, 3.8) is 0 Å². The Kier molecular flexibility index (Phi) is 4.75. The topological polar surface area (TPSA) is 3.88 Å². The van der Waals surface area contributed by atoms with Gasteiger partial charge in [-0.3, -0.25) is 0 Å². The number of pyridine rings is 1. The highest BCUT2D eigenvalue weighted by Gasteiger charge is 2.18. The van der Waals surface area contributed by atoms with Crippen LogP contribution >= 0.6 is 0 Å². The molecule has 0 atom stereocenters. The molecule has 0 aliphatic carbocycles. The summed E-state index contributed by atoms with van der Waals surface area (Å²) in [4.78, 5) is 0. The molecule has 1 aromatic carbocycles. The standard InChI is InChI=1S/C21H30N/c1-15(2)12-17-10-11-22(7)20(14-17)19-9-8-18(13-16(19)3)21(4,5)6/h8-11,13-15H,12H2,1-7H3/q+1. The minimum atomic E-state index is 0.199. The number of aryl methyl sites for hydroxylation is 2. The third-order valence-electron chi connectivity index (χ3n) is 4.23. The summed E-state index contributed by atoms with van der Waals surface area (Å²) in [7, 11) is 2.13. The van der Waals surface area contributed by atoms with E-state index >= 15 is 0 Å². The highest BCUT2D eigenvalue weighted by Crippen LogP contribution is 2.28. The van der Waals surface area contributed by atoms with Crippen LogP contribution in [0.3, 0.4) is 0 Å². The lowest BCUT2D eigenvalue weighted by Gasteiger charge is -2.20. The van der Waals surface area contributed by atoms with Gasteiger partial charge in [0.15, 0.2) is 6.20 Å². The molecule has 22 heavy (non-hydrogen) atoms. The fourth-order valence-corrected chi connectivity index (χ4v) is 2.90. The summed E-state index contributed by atoms with van der Waals surface area (Å²) >= 11 is 0. The average molecular weight is 296 g/mol. The van der Waals surface area contributed by atoms with Gasteiger partial charge in [0.2, 0.25) is 5.69 Å². The van der Waals surface area contributed by atoms with Crippen molar-refractivity contribution in [2.75, 3.05) is 0 Å². The molecular formula is C21H30N+. The smallest absolute Gasteiger partial charge is 0.201 e. The van der Waals surface area contributed by atoms with Crippen LogP contribution in [0, 0.1) is 12.8 Å². The zero-order valence-corrected chi connectivity index (χ0v) is 15.2. The van der Waals surface area contributed by atoms with Crippen molar-refractivity contribution in [2.45, 2.75) is 53.4 Å². The van der Waals surface area contributed by atoms with Gasteiger partial charge in [0.05, 0.1) is 0 Å². The monoisotopic (exact) mass is 296 g/mol. The molecule has 0 unspecified atom stereocenters. The van der Waals surface area contributed by atoms with Crippen molar-refractivity contribution in [1.29, 1.82) is 0 Å². The van der Waals surface area contributed by atoms with Crippen molar-refractivity contribution in [2.24, 2.45) is 13.0 Å². The maximum Gasteiger partial charge on any atom is 0.212 e. The van der Waals surface area contributed by atoms with Crippen LogP contribution in [0.5, 0.6) is 0 Å².